The van der Waals surface area contributed by atoms with Gasteiger partial charge in [0.05, 0.1) is 16.7 Å². The smallest absolute Gasteiger partial charge is 0.338 e. The van der Waals surface area contributed by atoms with Crippen molar-refractivity contribution in [2.75, 3.05) is 6.61 Å². The topological polar surface area (TPSA) is 83.6 Å². The molecule has 7 nitrogen and oxygen atoms in total. The fourth-order valence-corrected chi connectivity index (χ4v) is 3.46. The summed E-state index contributed by atoms with van der Waals surface area (Å²) in [5.74, 6) is -1.03. The fourth-order valence-electron chi connectivity index (χ4n) is 3.46. The molecule has 2 aliphatic heterocycles. The fraction of sp³-hybridized carbons (Fsp3) is 0.417. The molecule has 2 saturated heterocycles. The molecule has 31 heavy (non-hydrogen) atoms. The Morgan fingerprint density at radius 2 is 1.45 bits per heavy atom. The molecule has 2 fully saturated rings. The Balaban J connectivity index is 1.46. The van der Waals surface area contributed by atoms with Crippen LogP contribution in [0.25, 0.3) is 0 Å². The molecule has 164 valence electrons. The Bertz CT molecular complexity index is 907. The summed E-state index contributed by atoms with van der Waals surface area (Å²) in [5, 5.41) is 0. The van der Waals surface area contributed by atoms with Crippen molar-refractivity contribution in [2.24, 2.45) is 0 Å². The minimum Gasteiger partial charge on any atom is -0.458 e. The van der Waals surface area contributed by atoms with Gasteiger partial charge in [-0.05, 0) is 45.0 Å². The molecule has 0 saturated carbocycles. The van der Waals surface area contributed by atoms with Crippen molar-refractivity contribution in [1.29, 1.82) is 0 Å². The number of fused-ring (bicyclic) bond motifs is 1. The third-order valence-corrected chi connectivity index (χ3v) is 4.94. The Morgan fingerprint density at radius 1 is 0.871 bits per heavy atom. The van der Waals surface area contributed by atoms with Crippen molar-refractivity contribution in [1.82, 2.24) is 0 Å². The van der Waals surface area contributed by atoms with Crippen LogP contribution in [-0.4, -0.2) is 54.9 Å². The highest BCUT2D eigenvalue weighted by atomic mass is 16.8. The van der Waals surface area contributed by atoms with Crippen LogP contribution in [0.15, 0.2) is 60.7 Å². The molecule has 2 heterocycles. The van der Waals surface area contributed by atoms with E-state index in [-0.39, 0.29) is 18.8 Å². The maximum absolute atomic E-state index is 12.7. The summed E-state index contributed by atoms with van der Waals surface area (Å²) in [6.45, 7) is 5.62. The van der Waals surface area contributed by atoms with E-state index in [1.807, 2.05) is 32.9 Å². The third kappa shape index (κ3) is 5.31. The molecule has 2 aromatic rings. The molecule has 0 unspecified atom stereocenters. The monoisotopic (exact) mass is 426 g/mol. The number of hydrogen-bond donors (Lipinski definition) is 0. The van der Waals surface area contributed by atoms with Crippen molar-refractivity contribution in [2.45, 2.75) is 57.1 Å². The zero-order chi connectivity index (χ0) is 22.0. The van der Waals surface area contributed by atoms with Crippen molar-refractivity contribution in [3.63, 3.8) is 0 Å². The second-order valence-corrected chi connectivity index (χ2v) is 8.54. The zero-order valence-corrected chi connectivity index (χ0v) is 17.7. The molecule has 2 aromatic carbocycles. The number of benzene rings is 2. The molecular weight excluding hydrogens is 400 g/mol. The van der Waals surface area contributed by atoms with Gasteiger partial charge < -0.3 is 23.7 Å². The second-order valence-electron chi connectivity index (χ2n) is 8.54. The highest BCUT2D eigenvalue weighted by Gasteiger charge is 2.62. The molecule has 0 N–H and O–H groups in total. The SMILES string of the molecule is CC(C)(C)O[C@H]1O[C@@H]([C@@H](COC(=O)c2ccccc2)OC(=O)c2ccccc2)[C@H]2O[C@@H]12. The summed E-state index contributed by atoms with van der Waals surface area (Å²) in [6, 6.07) is 17.3. The standard InChI is InChI=1S/C24H26O7/c1-24(2,3)31-23-20-19(29-20)18(30-23)17(28-22(26)16-12-8-5-9-13-16)14-27-21(25)15-10-6-4-7-11-15/h4-13,17-20,23H,14H2,1-3H3/t17-,18+,19-,20-,23-/m1/s1. The van der Waals surface area contributed by atoms with Gasteiger partial charge in [0, 0.05) is 0 Å². The average molecular weight is 426 g/mol. The number of hydrogen-bond acceptors (Lipinski definition) is 7. The van der Waals surface area contributed by atoms with E-state index in [0.717, 1.165) is 0 Å². The van der Waals surface area contributed by atoms with E-state index in [0.29, 0.717) is 11.1 Å². The molecule has 0 radical (unpaired) electrons. The number of epoxide rings is 1. The predicted molar refractivity (Wildman–Crippen MR) is 111 cm³/mol. The van der Waals surface area contributed by atoms with Crippen LogP contribution in [0.1, 0.15) is 41.5 Å². The van der Waals surface area contributed by atoms with E-state index in [1.54, 1.807) is 48.5 Å². The van der Waals surface area contributed by atoms with Crippen LogP contribution in [0, 0.1) is 0 Å². The Labute approximate surface area is 181 Å². The van der Waals surface area contributed by atoms with E-state index in [1.165, 1.54) is 0 Å². The Kier molecular flexibility index (Phi) is 6.09. The van der Waals surface area contributed by atoms with Crippen LogP contribution in [0.3, 0.4) is 0 Å². The van der Waals surface area contributed by atoms with Gasteiger partial charge in [-0.15, -0.1) is 0 Å². The van der Waals surface area contributed by atoms with Gasteiger partial charge in [0.15, 0.2) is 12.4 Å². The minimum atomic E-state index is -0.844. The van der Waals surface area contributed by atoms with Crippen LogP contribution >= 0.6 is 0 Å². The summed E-state index contributed by atoms with van der Waals surface area (Å²) in [5.41, 5.74) is 0.389. The van der Waals surface area contributed by atoms with Gasteiger partial charge in [0.25, 0.3) is 0 Å². The van der Waals surface area contributed by atoms with Gasteiger partial charge in [0.2, 0.25) is 0 Å². The van der Waals surface area contributed by atoms with Crippen LogP contribution in [0.5, 0.6) is 0 Å². The number of carbonyl (C=O) groups is 2. The van der Waals surface area contributed by atoms with Crippen molar-refractivity contribution >= 4 is 11.9 Å². The van der Waals surface area contributed by atoms with E-state index >= 15 is 0 Å². The molecule has 4 rings (SSSR count). The predicted octanol–water partition coefficient (Wildman–Crippen LogP) is 3.38. The Hall–Kier alpha value is -2.74. The second kappa shape index (κ2) is 8.78. The first-order valence-corrected chi connectivity index (χ1v) is 10.3. The lowest BCUT2D eigenvalue weighted by Gasteiger charge is -2.29. The largest absolute Gasteiger partial charge is 0.458 e. The zero-order valence-electron chi connectivity index (χ0n) is 17.7. The summed E-state index contributed by atoms with van der Waals surface area (Å²) in [4.78, 5) is 25.1. The maximum atomic E-state index is 12.7. The first-order chi connectivity index (χ1) is 14.8. The lowest BCUT2D eigenvalue weighted by atomic mass is 10.1. The molecule has 5 atom stereocenters. The number of carbonyl (C=O) groups excluding carboxylic acids is 2. The van der Waals surface area contributed by atoms with Crippen molar-refractivity contribution in [3.05, 3.63) is 71.8 Å². The number of ether oxygens (including phenoxy) is 5. The van der Waals surface area contributed by atoms with Gasteiger partial charge in [-0.25, -0.2) is 9.59 Å². The summed E-state index contributed by atoms with van der Waals surface area (Å²) in [6.07, 6.45) is -2.53. The first kappa shape index (κ1) is 21.5. The van der Waals surface area contributed by atoms with Gasteiger partial charge in [-0.3, -0.25) is 0 Å². The van der Waals surface area contributed by atoms with Gasteiger partial charge in [-0.1, -0.05) is 36.4 Å². The molecular formula is C24H26O7. The van der Waals surface area contributed by atoms with Crippen LogP contribution in [0.4, 0.5) is 0 Å². The molecule has 0 aromatic heterocycles. The van der Waals surface area contributed by atoms with Crippen molar-refractivity contribution in [3.8, 4) is 0 Å². The van der Waals surface area contributed by atoms with E-state index in [4.69, 9.17) is 23.7 Å². The van der Waals surface area contributed by atoms with Crippen LogP contribution < -0.4 is 0 Å². The number of rotatable bonds is 7. The van der Waals surface area contributed by atoms with E-state index in [2.05, 4.69) is 0 Å². The average Bonchev–Trinajstić information content (AvgIpc) is 3.48. The molecule has 0 amide bonds. The van der Waals surface area contributed by atoms with E-state index in [9.17, 15) is 9.59 Å². The quantitative estimate of drug-likeness (QED) is 0.496. The van der Waals surface area contributed by atoms with Crippen LogP contribution in [-0.2, 0) is 23.7 Å². The number of esters is 2. The summed E-state index contributed by atoms with van der Waals surface area (Å²) in [7, 11) is 0. The summed E-state index contributed by atoms with van der Waals surface area (Å²) >= 11 is 0. The molecule has 0 spiro atoms. The molecule has 0 aliphatic carbocycles. The normalized spacial score (nSPS) is 25.4. The Morgan fingerprint density at radius 3 is 2.03 bits per heavy atom. The highest BCUT2D eigenvalue weighted by Crippen LogP contribution is 2.43. The highest BCUT2D eigenvalue weighted by molar-refractivity contribution is 5.90. The van der Waals surface area contributed by atoms with Gasteiger partial charge in [-0.2, -0.15) is 0 Å². The third-order valence-electron chi connectivity index (χ3n) is 4.94. The minimum absolute atomic E-state index is 0.161. The first-order valence-electron chi connectivity index (χ1n) is 10.3. The molecule has 2 aliphatic rings. The lowest BCUT2D eigenvalue weighted by Crippen LogP contribution is -2.41. The maximum Gasteiger partial charge on any atom is 0.338 e. The van der Waals surface area contributed by atoms with Crippen molar-refractivity contribution < 1.29 is 33.3 Å². The van der Waals surface area contributed by atoms with Crippen LogP contribution in [0.2, 0.25) is 0 Å². The lowest BCUT2D eigenvalue weighted by molar-refractivity contribution is -0.230. The molecule has 0 bridgehead atoms. The van der Waals surface area contributed by atoms with Gasteiger partial charge in [0.1, 0.15) is 24.9 Å². The summed E-state index contributed by atoms with van der Waals surface area (Å²) < 4.78 is 28.8. The molecule has 7 heteroatoms. The van der Waals surface area contributed by atoms with Gasteiger partial charge >= 0.3 is 11.9 Å². The van der Waals surface area contributed by atoms with E-state index < -0.39 is 36.0 Å².